The van der Waals surface area contributed by atoms with Crippen molar-refractivity contribution in [3.05, 3.63) is 41.1 Å². The number of amides is 2. The number of aromatic nitrogens is 2. The summed E-state index contributed by atoms with van der Waals surface area (Å²) in [5.74, 6) is 1.72. The number of fused-ring (bicyclic) bond motifs is 1. The lowest BCUT2D eigenvalue weighted by atomic mass is 9.90. The van der Waals surface area contributed by atoms with Crippen molar-refractivity contribution in [3.63, 3.8) is 0 Å². The standard InChI is InChI=1S/C24H31N7O/c1-30(2)22-20-8-3-4-9-21(20)28-24(29-22)27-17-10-12-18(13-11-17)31(23(26)32)19-7-5-6-16(14-19)15-25/h5-7,14,17-18H,3-4,8-13H2,1-2H3,(H2,26,32)(H,27,28,29)/t17-,18+. The number of carbonyl (C=O) groups is 1. The monoisotopic (exact) mass is 433 g/mol. The molecule has 0 saturated heterocycles. The van der Waals surface area contributed by atoms with Gasteiger partial charge in [0.1, 0.15) is 5.82 Å². The summed E-state index contributed by atoms with van der Waals surface area (Å²) < 4.78 is 0. The van der Waals surface area contributed by atoms with Gasteiger partial charge in [-0.05, 0) is 69.6 Å². The molecule has 32 heavy (non-hydrogen) atoms. The number of nitriles is 1. The molecular formula is C24H31N7O. The fourth-order valence-electron chi connectivity index (χ4n) is 4.91. The van der Waals surface area contributed by atoms with E-state index in [1.807, 2.05) is 20.2 Å². The van der Waals surface area contributed by atoms with Crippen molar-refractivity contribution in [2.24, 2.45) is 5.73 Å². The number of nitrogens with zero attached hydrogens (tertiary/aromatic N) is 5. The van der Waals surface area contributed by atoms with Gasteiger partial charge in [-0.3, -0.25) is 4.90 Å². The SMILES string of the molecule is CN(C)c1nc(N[C@H]2CC[C@@H](N(C(N)=O)c3cccc(C#N)c3)CC2)nc2c1CCCC2. The summed E-state index contributed by atoms with van der Waals surface area (Å²) in [4.78, 5) is 25.6. The largest absolute Gasteiger partial charge is 0.362 e. The highest BCUT2D eigenvalue weighted by Crippen LogP contribution is 2.31. The lowest BCUT2D eigenvalue weighted by Gasteiger charge is -2.36. The number of aryl methyl sites for hydroxylation is 1. The van der Waals surface area contributed by atoms with Gasteiger partial charge >= 0.3 is 6.03 Å². The summed E-state index contributed by atoms with van der Waals surface area (Å²) in [5.41, 5.74) is 9.38. The Bertz CT molecular complexity index is 1020. The van der Waals surface area contributed by atoms with Crippen molar-refractivity contribution in [1.82, 2.24) is 9.97 Å². The number of hydrogen-bond acceptors (Lipinski definition) is 6. The molecule has 1 fully saturated rings. The first-order valence-electron chi connectivity index (χ1n) is 11.4. The number of primary amides is 1. The van der Waals surface area contributed by atoms with E-state index in [-0.39, 0.29) is 12.1 Å². The van der Waals surface area contributed by atoms with Crippen molar-refractivity contribution < 1.29 is 4.79 Å². The van der Waals surface area contributed by atoms with Gasteiger partial charge in [0.15, 0.2) is 0 Å². The minimum atomic E-state index is -0.481. The maximum atomic E-state index is 12.2. The summed E-state index contributed by atoms with van der Waals surface area (Å²) in [5, 5.41) is 12.7. The zero-order valence-corrected chi connectivity index (χ0v) is 18.8. The maximum Gasteiger partial charge on any atom is 0.319 e. The molecule has 1 aromatic carbocycles. The van der Waals surface area contributed by atoms with Crippen molar-refractivity contribution in [1.29, 1.82) is 5.26 Å². The topological polar surface area (TPSA) is 111 Å². The minimum Gasteiger partial charge on any atom is -0.362 e. The molecule has 2 aromatic rings. The molecule has 8 nitrogen and oxygen atoms in total. The molecule has 3 N–H and O–H groups in total. The third kappa shape index (κ3) is 4.62. The van der Waals surface area contributed by atoms with Crippen LogP contribution in [-0.2, 0) is 12.8 Å². The van der Waals surface area contributed by atoms with Crippen LogP contribution in [0.1, 0.15) is 55.3 Å². The van der Waals surface area contributed by atoms with Crippen molar-refractivity contribution >= 4 is 23.5 Å². The highest BCUT2D eigenvalue weighted by atomic mass is 16.2. The number of carbonyl (C=O) groups excluding carboxylic acids is 1. The average molecular weight is 434 g/mol. The second-order valence-electron chi connectivity index (χ2n) is 8.92. The van der Waals surface area contributed by atoms with Crippen LogP contribution in [0.15, 0.2) is 24.3 Å². The lowest BCUT2D eigenvalue weighted by molar-refractivity contribution is 0.248. The molecule has 4 rings (SSSR count). The molecule has 0 radical (unpaired) electrons. The number of hydrogen-bond donors (Lipinski definition) is 2. The van der Waals surface area contributed by atoms with Gasteiger partial charge in [0.2, 0.25) is 5.95 Å². The Morgan fingerprint density at radius 1 is 1.16 bits per heavy atom. The van der Waals surface area contributed by atoms with Crippen LogP contribution in [0.5, 0.6) is 0 Å². The average Bonchev–Trinajstić information content (AvgIpc) is 2.79. The number of nitrogens with one attached hydrogen (secondary N) is 1. The van der Waals surface area contributed by atoms with Crippen molar-refractivity contribution in [2.45, 2.75) is 63.5 Å². The minimum absolute atomic E-state index is 0.0151. The number of urea groups is 1. The van der Waals surface area contributed by atoms with Gasteiger partial charge in [-0.1, -0.05) is 6.07 Å². The predicted molar refractivity (Wildman–Crippen MR) is 126 cm³/mol. The highest BCUT2D eigenvalue weighted by molar-refractivity contribution is 5.91. The smallest absolute Gasteiger partial charge is 0.319 e. The quantitative estimate of drug-likeness (QED) is 0.745. The fraction of sp³-hybridized carbons (Fsp3) is 0.500. The maximum absolute atomic E-state index is 12.2. The van der Waals surface area contributed by atoms with Crippen LogP contribution in [0.2, 0.25) is 0 Å². The van der Waals surface area contributed by atoms with Crippen LogP contribution in [0.25, 0.3) is 0 Å². The van der Waals surface area contributed by atoms with E-state index in [9.17, 15) is 10.1 Å². The van der Waals surface area contributed by atoms with Crippen LogP contribution < -0.4 is 20.9 Å². The van der Waals surface area contributed by atoms with E-state index in [2.05, 4.69) is 16.3 Å². The van der Waals surface area contributed by atoms with E-state index in [0.717, 1.165) is 44.3 Å². The Balaban J connectivity index is 1.45. The Kier molecular flexibility index (Phi) is 6.45. The lowest BCUT2D eigenvalue weighted by Crippen LogP contribution is -2.46. The summed E-state index contributed by atoms with van der Waals surface area (Å²) in [6, 6.07) is 8.98. The molecule has 2 aliphatic rings. The van der Waals surface area contributed by atoms with Crippen LogP contribution in [0, 0.1) is 11.3 Å². The van der Waals surface area contributed by atoms with E-state index < -0.39 is 6.03 Å². The second kappa shape index (κ2) is 9.43. The molecule has 0 unspecified atom stereocenters. The van der Waals surface area contributed by atoms with E-state index in [0.29, 0.717) is 17.2 Å². The van der Waals surface area contributed by atoms with Gasteiger partial charge in [0.05, 0.1) is 17.3 Å². The predicted octanol–water partition coefficient (Wildman–Crippen LogP) is 3.60. The number of anilines is 3. The Morgan fingerprint density at radius 2 is 1.91 bits per heavy atom. The molecule has 1 heterocycles. The molecule has 0 atom stereocenters. The van der Waals surface area contributed by atoms with Gasteiger partial charge in [0.25, 0.3) is 0 Å². The van der Waals surface area contributed by atoms with Gasteiger partial charge in [-0.15, -0.1) is 0 Å². The Morgan fingerprint density at radius 3 is 2.59 bits per heavy atom. The van der Waals surface area contributed by atoms with Gasteiger partial charge in [-0.2, -0.15) is 10.2 Å². The molecule has 2 amide bonds. The number of rotatable bonds is 5. The molecule has 0 aliphatic heterocycles. The van der Waals surface area contributed by atoms with E-state index >= 15 is 0 Å². The molecule has 0 bridgehead atoms. The molecule has 168 valence electrons. The Labute approximate surface area is 189 Å². The van der Waals surface area contributed by atoms with E-state index in [1.165, 1.54) is 24.1 Å². The van der Waals surface area contributed by atoms with Gasteiger partial charge in [0, 0.05) is 37.4 Å². The first-order chi connectivity index (χ1) is 15.5. The molecule has 2 aliphatic carbocycles. The third-order valence-corrected chi connectivity index (χ3v) is 6.47. The van der Waals surface area contributed by atoms with Crippen LogP contribution in [0.4, 0.5) is 22.2 Å². The molecule has 1 aromatic heterocycles. The molecule has 1 saturated carbocycles. The van der Waals surface area contributed by atoms with Gasteiger partial charge < -0.3 is 16.0 Å². The van der Waals surface area contributed by atoms with E-state index in [4.69, 9.17) is 15.7 Å². The highest BCUT2D eigenvalue weighted by Gasteiger charge is 2.30. The molecular weight excluding hydrogens is 402 g/mol. The van der Waals surface area contributed by atoms with Crippen molar-refractivity contribution in [2.75, 3.05) is 29.2 Å². The Hall–Kier alpha value is -3.34. The molecule has 8 heteroatoms. The summed E-state index contributed by atoms with van der Waals surface area (Å²) in [6.07, 6.45) is 7.86. The molecule has 0 spiro atoms. The van der Waals surface area contributed by atoms with Gasteiger partial charge in [-0.25, -0.2) is 9.78 Å². The summed E-state index contributed by atoms with van der Waals surface area (Å²) in [7, 11) is 4.07. The van der Waals surface area contributed by atoms with Crippen LogP contribution in [-0.4, -0.2) is 42.2 Å². The normalized spacial score (nSPS) is 20.0. The van der Waals surface area contributed by atoms with Crippen LogP contribution >= 0.6 is 0 Å². The van der Waals surface area contributed by atoms with Crippen LogP contribution in [0.3, 0.4) is 0 Å². The summed E-state index contributed by atoms with van der Waals surface area (Å²) in [6.45, 7) is 0. The fourth-order valence-corrected chi connectivity index (χ4v) is 4.91. The van der Waals surface area contributed by atoms with E-state index in [1.54, 1.807) is 23.1 Å². The first-order valence-corrected chi connectivity index (χ1v) is 11.4. The first kappa shape index (κ1) is 21.9. The third-order valence-electron chi connectivity index (χ3n) is 6.47. The zero-order chi connectivity index (χ0) is 22.7. The zero-order valence-electron chi connectivity index (χ0n) is 18.8. The number of benzene rings is 1. The second-order valence-corrected chi connectivity index (χ2v) is 8.92. The summed E-state index contributed by atoms with van der Waals surface area (Å²) >= 11 is 0. The van der Waals surface area contributed by atoms with Crippen molar-refractivity contribution in [3.8, 4) is 6.07 Å². The number of nitrogens with two attached hydrogens (primary N) is 1.